The average Bonchev–Trinajstić information content (AvgIpc) is 3.26. The predicted molar refractivity (Wildman–Crippen MR) is 142 cm³/mol. The molecule has 5 heterocycles. The Hall–Kier alpha value is -2.83. The molecule has 0 spiro atoms. The second kappa shape index (κ2) is 11.1. The molecule has 1 fully saturated rings. The number of ether oxygens (including phenoxy) is 2. The lowest BCUT2D eigenvalue weighted by Crippen LogP contribution is -2.43. The number of halogens is 2. The molecule has 1 aromatic carbocycles. The molecule has 0 radical (unpaired) electrons. The summed E-state index contributed by atoms with van der Waals surface area (Å²) >= 11 is 0. The van der Waals surface area contributed by atoms with Gasteiger partial charge in [0.25, 0.3) is 5.56 Å². The van der Waals surface area contributed by atoms with Crippen LogP contribution in [0.1, 0.15) is 35.6 Å². The van der Waals surface area contributed by atoms with E-state index in [9.17, 15) is 10.1 Å². The van der Waals surface area contributed by atoms with Gasteiger partial charge in [-0.3, -0.25) is 9.78 Å². The Morgan fingerprint density at radius 1 is 1.08 bits per heavy atom. The van der Waals surface area contributed by atoms with Crippen LogP contribution in [0.3, 0.4) is 0 Å². The Balaban J connectivity index is 0.00000152. The van der Waals surface area contributed by atoms with Gasteiger partial charge in [-0.25, -0.2) is 0 Å². The number of rotatable bonds is 5. The van der Waals surface area contributed by atoms with E-state index >= 15 is 0 Å². The van der Waals surface area contributed by atoms with Gasteiger partial charge >= 0.3 is 0 Å². The molecule has 0 bridgehead atoms. The highest BCUT2D eigenvalue weighted by Gasteiger charge is 2.31. The van der Waals surface area contributed by atoms with Crippen molar-refractivity contribution in [3.8, 4) is 17.6 Å². The SMILES string of the molecule is Cl.Cl.N#Cc1ccc2ccc(=O)n3c2c1C(CN1CCC(NCc2cc4c(cn2)OCCO4)CC1)C3. The number of piperidine rings is 1. The highest BCUT2D eigenvalue weighted by Crippen LogP contribution is 2.36. The van der Waals surface area contributed by atoms with Crippen molar-refractivity contribution in [2.45, 2.75) is 37.9 Å². The lowest BCUT2D eigenvalue weighted by atomic mass is 9.93. The maximum Gasteiger partial charge on any atom is 0.251 e. The van der Waals surface area contributed by atoms with Gasteiger partial charge in [0.15, 0.2) is 11.5 Å². The Kier molecular flexibility index (Phi) is 8.06. The van der Waals surface area contributed by atoms with Gasteiger partial charge in [0.1, 0.15) is 13.2 Å². The van der Waals surface area contributed by atoms with Crippen LogP contribution in [0.2, 0.25) is 0 Å². The minimum absolute atomic E-state index is 0. The summed E-state index contributed by atoms with van der Waals surface area (Å²) in [6, 6.07) is 12.1. The molecule has 6 rings (SSSR count). The van der Waals surface area contributed by atoms with Gasteiger partial charge in [0, 0.05) is 49.3 Å². The maximum absolute atomic E-state index is 12.5. The van der Waals surface area contributed by atoms with Crippen LogP contribution in [0, 0.1) is 11.3 Å². The Labute approximate surface area is 222 Å². The van der Waals surface area contributed by atoms with Crippen molar-refractivity contribution in [1.29, 1.82) is 5.26 Å². The van der Waals surface area contributed by atoms with E-state index in [0.717, 1.165) is 66.1 Å². The van der Waals surface area contributed by atoms with E-state index in [2.05, 4.69) is 21.3 Å². The molecule has 1 atom stereocenters. The van der Waals surface area contributed by atoms with E-state index in [1.54, 1.807) is 12.3 Å². The molecule has 1 unspecified atom stereocenters. The minimum atomic E-state index is 0. The average molecular weight is 530 g/mol. The molecule has 1 N–H and O–H groups in total. The fourth-order valence-corrected chi connectivity index (χ4v) is 5.54. The zero-order chi connectivity index (χ0) is 23.1. The number of nitrogens with zero attached hydrogens (tertiary/aromatic N) is 4. The minimum Gasteiger partial charge on any atom is -0.486 e. The first-order chi connectivity index (χ1) is 16.7. The zero-order valence-corrected chi connectivity index (χ0v) is 21.4. The van der Waals surface area contributed by atoms with Crippen LogP contribution in [0.15, 0.2) is 41.3 Å². The number of hydrogen-bond donors (Lipinski definition) is 1. The van der Waals surface area contributed by atoms with Crippen molar-refractivity contribution in [2.24, 2.45) is 0 Å². The van der Waals surface area contributed by atoms with Crippen molar-refractivity contribution in [2.75, 3.05) is 32.8 Å². The maximum atomic E-state index is 12.5. The lowest BCUT2D eigenvalue weighted by Gasteiger charge is -2.34. The number of fused-ring (bicyclic) bond motifs is 1. The van der Waals surface area contributed by atoms with Gasteiger partial charge in [-0.2, -0.15) is 5.26 Å². The molecular weight excluding hydrogens is 501 g/mol. The second-order valence-corrected chi connectivity index (χ2v) is 9.33. The van der Waals surface area contributed by atoms with Crippen molar-refractivity contribution < 1.29 is 9.47 Å². The molecule has 36 heavy (non-hydrogen) atoms. The molecule has 190 valence electrons. The highest BCUT2D eigenvalue weighted by atomic mass is 35.5. The highest BCUT2D eigenvalue weighted by molar-refractivity contribution is 5.86. The molecule has 8 nitrogen and oxygen atoms in total. The molecule has 1 saturated heterocycles. The van der Waals surface area contributed by atoms with Gasteiger partial charge in [0.2, 0.25) is 0 Å². The predicted octanol–water partition coefficient (Wildman–Crippen LogP) is 3.23. The summed E-state index contributed by atoms with van der Waals surface area (Å²) in [7, 11) is 0. The van der Waals surface area contributed by atoms with E-state index in [-0.39, 0.29) is 36.3 Å². The van der Waals surface area contributed by atoms with E-state index < -0.39 is 0 Å². The normalized spacial score (nSPS) is 18.8. The third-order valence-corrected chi connectivity index (χ3v) is 7.25. The standard InChI is InChI=1S/C26H27N5O3.2ClH/c27-12-18-2-1-17-3-4-24(32)31-16-19(25(18)26(17)31)15-30-7-5-20(6-8-30)28-13-21-11-22-23(14-29-21)34-10-9-33-22;;/h1-4,11,14,19-20,28H,5-10,13,15-16H2;2*1H. The van der Waals surface area contributed by atoms with E-state index in [1.165, 1.54) is 0 Å². The summed E-state index contributed by atoms with van der Waals surface area (Å²) in [5.41, 5.74) is 3.65. The van der Waals surface area contributed by atoms with Crippen molar-refractivity contribution in [1.82, 2.24) is 19.8 Å². The molecule has 2 aromatic heterocycles. The second-order valence-electron chi connectivity index (χ2n) is 9.33. The monoisotopic (exact) mass is 529 g/mol. The van der Waals surface area contributed by atoms with Crippen LogP contribution in [0.5, 0.6) is 11.5 Å². The molecule has 10 heteroatoms. The summed E-state index contributed by atoms with van der Waals surface area (Å²) in [6.07, 6.45) is 3.86. The van der Waals surface area contributed by atoms with Gasteiger partial charge < -0.3 is 24.3 Å². The van der Waals surface area contributed by atoms with Gasteiger partial charge in [-0.05, 0) is 43.5 Å². The zero-order valence-electron chi connectivity index (χ0n) is 19.8. The number of nitriles is 1. The van der Waals surface area contributed by atoms with Crippen LogP contribution in [-0.4, -0.2) is 53.3 Å². The Morgan fingerprint density at radius 2 is 1.83 bits per heavy atom. The lowest BCUT2D eigenvalue weighted by molar-refractivity contribution is 0.170. The molecule has 0 amide bonds. The first-order valence-electron chi connectivity index (χ1n) is 12.0. The van der Waals surface area contributed by atoms with Crippen LogP contribution in [-0.2, 0) is 13.1 Å². The van der Waals surface area contributed by atoms with Crippen LogP contribution >= 0.6 is 24.8 Å². The molecule has 0 aliphatic carbocycles. The van der Waals surface area contributed by atoms with Gasteiger partial charge in [-0.1, -0.05) is 6.07 Å². The number of benzene rings is 1. The molecule has 3 aliphatic heterocycles. The van der Waals surface area contributed by atoms with Crippen molar-refractivity contribution >= 4 is 35.7 Å². The summed E-state index contributed by atoms with van der Waals surface area (Å²) in [4.78, 5) is 19.4. The van der Waals surface area contributed by atoms with Crippen molar-refractivity contribution in [3.05, 3.63) is 63.7 Å². The van der Waals surface area contributed by atoms with E-state index in [0.29, 0.717) is 37.9 Å². The fourth-order valence-electron chi connectivity index (χ4n) is 5.54. The summed E-state index contributed by atoms with van der Waals surface area (Å²) < 4.78 is 13.1. The van der Waals surface area contributed by atoms with E-state index in [1.807, 2.05) is 28.8 Å². The van der Waals surface area contributed by atoms with Gasteiger partial charge in [0.05, 0.1) is 29.0 Å². The topological polar surface area (TPSA) is 92.4 Å². The smallest absolute Gasteiger partial charge is 0.251 e. The van der Waals surface area contributed by atoms with Gasteiger partial charge in [-0.15, -0.1) is 24.8 Å². The largest absolute Gasteiger partial charge is 0.486 e. The fraction of sp³-hybridized carbons (Fsp3) is 0.423. The van der Waals surface area contributed by atoms with Crippen LogP contribution in [0.4, 0.5) is 0 Å². The third-order valence-electron chi connectivity index (χ3n) is 7.25. The van der Waals surface area contributed by atoms with Crippen LogP contribution in [0.25, 0.3) is 10.9 Å². The number of likely N-dealkylation sites (tertiary alicyclic amines) is 1. The summed E-state index contributed by atoms with van der Waals surface area (Å²) in [5, 5.41) is 14.4. The Morgan fingerprint density at radius 3 is 2.61 bits per heavy atom. The van der Waals surface area contributed by atoms with Crippen LogP contribution < -0.4 is 20.3 Å². The molecule has 0 saturated carbocycles. The number of aromatic nitrogens is 2. The number of pyridine rings is 2. The molecule has 3 aromatic rings. The summed E-state index contributed by atoms with van der Waals surface area (Å²) in [6.45, 7) is 5.35. The van der Waals surface area contributed by atoms with E-state index in [4.69, 9.17) is 9.47 Å². The van der Waals surface area contributed by atoms with Crippen molar-refractivity contribution in [3.63, 3.8) is 0 Å². The molecular formula is C26H29Cl2N5O3. The first-order valence-corrected chi connectivity index (χ1v) is 12.0. The Bertz CT molecular complexity index is 1350. The third kappa shape index (κ3) is 4.89. The number of hydrogen-bond acceptors (Lipinski definition) is 7. The summed E-state index contributed by atoms with van der Waals surface area (Å²) in [5.74, 6) is 1.66. The first kappa shape index (κ1) is 26.2. The quantitative estimate of drug-likeness (QED) is 0.542. The number of nitrogens with one attached hydrogen (secondary N) is 1. The molecule has 3 aliphatic rings.